The Hall–Kier alpha value is -3.33. The average Bonchev–Trinajstić information content (AvgIpc) is 3.19. The number of carbonyl (C=O) groups excluding carboxylic acids is 1. The Morgan fingerprint density at radius 2 is 1.88 bits per heavy atom. The Balaban J connectivity index is 1.20. The van der Waals surface area contributed by atoms with Gasteiger partial charge in [-0.2, -0.15) is 0 Å². The molecular weight excluding hydrogens is 424 g/mol. The number of benzene rings is 2. The van der Waals surface area contributed by atoms with Gasteiger partial charge in [-0.15, -0.1) is 0 Å². The Labute approximate surface area is 187 Å². The van der Waals surface area contributed by atoms with Gasteiger partial charge in [0.05, 0.1) is 4.90 Å². The largest absolute Gasteiger partial charge is 0.348 e. The molecular formula is C24H24N4O3S. The summed E-state index contributed by atoms with van der Waals surface area (Å²) in [6.45, 7) is 1.75. The topological polar surface area (TPSA) is 100 Å². The fourth-order valence-corrected chi connectivity index (χ4v) is 4.52. The predicted molar refractivity (Wildman–Crippen MR) is 124 cm³/mol. The van der Waals surface area contributed by atoms with E-state index in [1.807, 2.05) is 42.6 Å². The molecule has 4 rings (SSSR count). The number of hydrogen-bond donors (Lipinski definition) is 3. The van der Waals surface area contributed by atoms with Gasteiger partial charge < -0.3 is 10.6 Å². The molecule has 2 aromatic carbocycles. The smallest absolute Gasteiger partial charge is 0.251 e. The molecule has 0 aliphatic carbocycles. The summed E-state index contributed by atoms with van der Waals surface area (Å²) in [7, 11) is -3.61. The standard InChI is InChI=1S/C24H24N4O3S/c29-24-23-10-9-22(15-21(23)17-27-24)32(30,31)28-14-13-25-11-1-3-18-5-7-19(8-6-18)20-4-2-12-26-16-20/h1-10,12,15-16,25,28H,11,13-14,17H2,(H,27,29)/b3-1+. The zero-order chi connectivity index (χ0) is 22.4. The van der Waals surface area contributed by atoms with E-state index < -0.39 is 10.0 Å². The molecule has 7 nitrogen and oxygen atoms in total. The normalized spacial score (nSPS) is 13.3. The molecule has 0 saturated heterocycles. The van der Waals surface area contributed by atoms with E-state index in [2.05, 4.69) is 32.5 Å². The van der Waals surface area contributed by atoms with Crippen LogP contribution in [0.3, 0.4) is 0 Å². The molecule has 32 heavy (non-hydrogen) atoms. The van der Waals surface area contributed by atoms with Crippen LogP contribution in [0.15, 0.2) is 78.0 Å². The van der Waals surface area contributed by atoms with Crippen molar-refractivity contribution in [3.63, 3.8) is 0 Å². The highest BCUT2D eigenvalue weighted by molar-refractivity contribution is 7.89. The number of amides is 1. The fourth-order valence-electron chi connectivity index (χ4n) is 3.43. The van der Waals surface area contributed by atoms with Crippen LogP contribution >= 0.6 is 0 Å². The quantitative estimate of drug-likeness (QED) is 0.437. The Bertz CT molecular complexity index is 1220. The monoisotopic (exact) mass is 448 g/mol. The van der Waals surface area contributed by atoms with E-state index in [1.54, 1.807) is 18.3 Å². The third-order valence-corrected chi connectivity index (χ3v) is 6.60. The SMILES string of the molecule is O=C1NCc2cc(S(=O)(=O)NCCNC/C=C/c3ccc(-c4cccnc4)cc3)ccc21. The van der Waals surface area contributed by atoms with Gasteiger partial charge in [-0.05, 0) is 46.5 Å². The maximum absolute atomic E-state index is 12.5. The molecule has 0 saturated carbocycles. The van der Waals surface area contributed by atoms with E-state index in [-0.39, 0.29) is 17.3 Å². The van der Waals surface area contributed by atoms with Crippen molar-refractivity contribution in [2.24, 2.45) is 0 Å². The lowest BCUT2D eigenvalue weighted by Crippen LogP contribution is -2.32. The summed E-state index contributed by atoms with van der Waals surface area (Å²) in [4.78, 5) is 15.9. The van der Waals surface area contributed by atoms with Crippen LogP contribution in [0, 0.1) is 0 Å². The van der Waals surface area contributed by atoms with Crippen molar-refractivity contribution in [2.75, 3.05) is 19.6 Å². The van der Waals surface area contributed by atoms with Crippen LogP contribution in [-0.4, -0.2) is 38.9 Å². The Morgan fingerprint density at radius 1 is 1.03 bits per heavy atom. The Morgan fingerprint density at radius 3 is 2.66 bits per heavy atom. The van der Waals surface area contributed by atoms with Gasteiger partial charge in [-0.1, -0.05) is 42.5 Å². The van der Waals surface area contributed by atoms with Crippen molar-refractivity contribution in [2.45, 2.75) is 11.4 Å². The molecule has 0 unspecified atom stereocenters. The molecule has 0 atom stereocenters. The number of sulfonamides is 1. The van der Waals surface area contributed by atoms with E-state index in [4.69, 9.17) is 0 Å². The first-order chi connectivity index (χ1) is 15.5. The highest BCUT2D eigenvalue weighted by atomic mass is 32.2. The van der Waals surface area contributed by atoms with Crippen molar-refractivity contribution >= 4 is 22.0 Å². The fraction of sp³-hybridized carbons (Fsp3) is 0.167. The van der Waals surface area contributed by atoms with Gasteiger partial charge >= 0.3 is 0 Å². The van der Waals surface area contributed by atoms with Gasteiger partial charge in [-0.3, -0.25) is 9.78 Å². The van der Waals surface area contributed by atoms with E-state index >= 15 is 0 Å². The first kappa shape index (κ1) is 21.9. The molecule has 1 aromatic heterocycles. The van der Waals surface area contributed by atoms with Crippen LogP contribution in [0.4, 0.5) is 0 Å². The van der Waals surface area contributed by atoms with E-state index in [9.17, 15) is 13.2 Å². The third kappa shape index (κ3) is 5.28. The number of nitrogens with zero attached hydrogens (tertiary/aromatic N) is 1. The highest BCUT2D eigenvalue weighted by Crippen LogP contribution is 2.20. The van der Waals surface area contributed by atoms with Gasteiger partial charge in [0, 0.05) is 44.1 Å². The summed E-state index contributed by atoms with van der Waals surface area (Å²) in [5.41, 5.74) is 4.52. The lowest BCUT2D eigenvalue weighted by molar-refractivity contribution is 0.0965. The van der Waals surface area contributed by atoms with Crippen molar-refractivity contribution in [3.8, 4) is 11.1 Å². The second-order valence-corrected chi connectivity index (χ2v) is 9.14. The maximum Gasteiger partial charge on any atom is 0.251 e. The summed E-state index contributed by atoms with van der Waals surface area (Å²) in [6, 6.07) is 16.7. The molecule has 1 amide bonds. The third-order valence-electron chi connectivity index (χ3n) is 5.14. The van der Waals surface area contributed by atoms with Crippen molar-refractivity contribution in [3.05, 3.63) is 89.8 Å². The Kier molecular flexibility index (Phi) is 6.75. The number of aromatic nitrogens is 1. The maximum atomic E-state index is 12.5. The summed E-state index contributed by atoms with van der Waals surface area (Å²) in [5.74, 6) is -0.168. The van der Waals surface area contributed by atoms with E-state index in [1.165, 1.54) is 6.07 Å². The summed E-state index contributed by atoms with van der Waals surface area (Å²) >= 11 is 0. The van der Waals surface area contributed by atoms with Crippen LogP contribution in [0.1, 0.15) is 21.5 Å². The molecule has 8 heteroatoms. The van der Waals surface area contributed by atoms with Gasteiger partial charge in [0.25, 0.3) is 5.91 Å². The zero-order valence-electron chi connectivity index (χ0n) is 17.4. The molecule has 0 spiro atoms. The van der Waals surface area contributed by atoms with Crippen LogP contribution < -0.4 is 15.4 Å². The predicted octanol–water partition coefficient (Wildman–Crippen LogP) is 2.57. The van der Waals surface area contributed by atoms with Gasteiger partial charge in [0.1, 0.15) is 0 Å². The molecule has 164 valence electrons. The second-order valence-electron chi connectivity index (χ2n) is 7.37. The van der Waals surface area contributed by atoms with Crippen molar-refractivity contribution < 1.29 is 13.2 Å². The summed E-state index contributed by atoms with van der Waals surface area (Å²) in [6.07, 6.45) is 7.61. The molecule has 1 aliphatic heterocycles. The van der Waals surface area contributed by atoms with Crippen LogP contribution in [-0.2, 0) is 16.6 Å². The van der Waals surface area contributed by atoms with Gasteiger partial charge in [0.15, 0.2) is 0 Å². The highest BCUT2D eigenvalue weighted by Gasteiger charge is 2.22. The average molecular weight is 449 g/mol. The van der Waals surface area contributed by atoms with Crippen molar-refractivity contribution in [1.82, 2.24) is 20.3 Å². The minimum Gasteiger partial charge on any atom is -0.348 e. The minimum atomic E-state index is -3.61. The lowest BCUT2D eigenvalue weighted by atomic mass is 10.1. The number of pyridine rings is 1. The van der Waals surface area contributed by atoms with E-state index in [0.29, 0.717) is 30.8 Å². The van der Waals surface area contributed by atoms with Gasteiger partial charge in [0.2, 0.25) is 10.0 Å². The lowest BCUT2D eigenvalue weighted by Gasteiger charge is -2.08. The summed E-state index contributed by atoms with van der Waals surface area (Å²) in [5, 5.41) is 5.87. The number of nitrogens with one attached hydrogen (secondary N) is 3. The second kappa shape index (κ2) is 9.86. The number of hydrogen-bond acceptors (Lipinski definition) is 5. The molecule has 2 heterocycles. The van der Waals surface area contributed by atoms with Crippen molar-refractivity contribution in [1.29, 1.82) is 0 Å². The molecule has 0 bridgehead atoms. The number of rotatable bonds is 9. The zero-order valence-corrected chi connectivity index (χ0v) is 18.2. The molecule has 0 fully saturated rings. The minimum absolute atomic E-state index is 0.168. The van der Waals surface area contributed by atoms with Gasteiger partial charge in [-0.25, -0.2) is 13.1 Å². The molecule has 3 aromatic rings. The number of carbonyl (C=O) groups is 1. The molecule has 0 radical (unpaired) electrons. The first-order valence-corrected chi connectivity index (χ1v) is 11.8. The van der Waals surface area contributed by atoms with Crippen LogP contribution in [0.25, 0.3) is 17.2 Å². The van der Waals surface area contributed by atoms with Crippen LogP contribution in [0.2, 0.25) is 0 Å². The summed E-state index contributed by atoms with van der Waals surface area (Å²) < 4.78 is 27.5. The molecule has 1 aliphatic rings. The van der Waals surface area contributed by atoms with E-state index in [0.717, 1.165) is 16.7 Å². The molecule has 3 N–H and O–H groups in total. The number of fused-ring (bicyclic) bond motifs is 1. The first-order valence-electron chi connectivity index (χ1n) is 10.3. The van der Waals surface area contributed by atoms with Crippen LogP contribution in [0.5, 0.6) is 0 Å².